The minimum absolute atomic E-state index is 0.0241. The van der Waals surface area contributed by atoms with Crippen LogP contribution in [-0.4, -0.2) is 57.3 Å². The van der Waals surface area contributed by atoms with E-state index >= 15 is 0 Å². The summed E-state index contributed by atoms with van der Waals surface area (Å²) in [4.78, 5) is 35.9. The molecule has 3 saturated carbocycles. The summed E-state index contributed by atoms with van der Waals surface area (Å²) >= 11 is 0. The van der Waals surface area contributed by atoms with Crippen molar-refractivity contribution >= 4 is 17.5 Å². The molecule has 0 aromatic heterocycles. The molecule has 4 aliphatic rings. The highest BCUT2D eigenvalue weighted by atomic mass is 16.5. The standard InChI is InChI=1S/C23H30O7/c1-12(24)30-11-19(28)23(29)18(27)9-16-15-5-4-13-8-14(25)6-7-21(13,2)20(15)17(26)10-22(16,23)3/h6-8,15-18,20,26-27,29H,4-5,9-11H2,1-3H3/t15-,16-,17?,18?,20+,21-,22-,23-/m0/s1. The fraction of sp³-hybridized carbons (Fsp3) is 0.696. The number of ketones is 2. The van der Waals surface area contributed by atoms with E-state index in [4.69, 9.17) is 4.74 Å². The third-order valence-electron chi connectivity index (χ3n) is 8.55. The van der Waals surface area contributed by atoms with Crippen molar-refractivity contribution in [3.8, 4) is 0 Å². The molecule has 3 fully saturated rings. The molecule has 8 atom stereocenters. The third-order valence-corrected chi connectivity index (χ3v) is 8.55. The first-order valence-corrected chi connectivity index (χ1v) is 10.6. The highest BCUT2D eigenvalue weighted by Crippen LogP contribution is 2.67. The number of ether oxygens (including phenoxy) is 1. The fourth-order valence-electron chi connectivity index (χ4n) is 7.12. The number of aliphatic hydroxyl groups is 3. The van der Waals surface area contributed by atoms with Crippen molar-refractivity contribution < 1.29 is 34.4 Å². The van der Waals surface area contributed by atoms with Crippen LogP contribution in [0.25, 0.3) is 0 Å². The molecule has 0 spiro atoms. The summed E-state index contributed by atoms with van der Waals surface area (Å²) in [7, 11) is 0. The van der Waals surface area contributed by atoms with Gasteiger partial charge in [-0.3, -0.25) is 14.4 Å². The van der Waals surface area contributed by atoms with Crippen molar-refractivity contribution in [2.24, 2.45) is 28.6 Å². The quantitative estimate of drug-likeness (QED) is 0.587. The average molecular weight is 418 g/mol. The molecule has 164 valence electrons. The first kappa shape index (κ1) is 21.4. The number of hydrogen-bond donors (Lipinski definition) is 3. The third kappa shape index (κ3) is 2.71. The smallest absolute Gasteiger partial charge is 0.303 e. The van der Waals surface area contributed by atoms with E-state index in [9.17, 15) is 29.7 Å². The van der Waals surface area contributed by atoms with Gasteiger partial charge in [0.15, 0.2) is 18.0 Å². The molecule has 3 N–H and O–H groups in total. The Bertz CT molecular complexity index is 860. The molecule has 0 aromatic carbocycles. The van der Waals surface area contributed by atoms with E-state index in [0.29, 0.717) is 12.8 Å². The van der Waals surface area contributed by atoms with Crippen LogP contribution in [0.1, 0.15) is 46.5 Å². The minimum atomic E-state index is -2.09. The Labute approximate surface area is 175 Å². The number of rotatable bonds is 3. The van der Waals surface area contributed by atoms with Gasteiger partial charge in [0.25, 0.3) is 0 Å². The van der Waals surface area contributed by atoms with Crippen LogP contribution in [0.5, 0.6) is 0 Å². The zero-order valence-corrected chi connectivity index (χ0v) is 17.6. The Hall–Kier alpha value is -1.83. The molecular weight excluding hydrogens is 388 g/mol. The second-order valence-corrected chi connectivity index (χ2v) is 9.93. The average Bonchev–Trinajstić information content (AvgIpc) is 2.87. The number of carbonyl (C=O) groups excluding carboxylic acids is 3. The number of aliphatic hydroxyl groups excluding tert-OH is 2. The first-order valence-electron chi connectivity index (χ1n) is 10.6. The summed E-state index contributed by atoms with van der Waals surface area (Å²) in [6, 6.07) is 0. The molecular formula is C23H30O7. The highest BCUT2D eigenvalue weighted by Gasteiger charge is 2.71. The molecule has 0 bridgehead atoms. The lowest BCUT2D eigenvalue weighted by Crippen LogP contribution is -2.63. The number of esters is 1. The van der Waals surface area contributed by atoms with Gasteiger partial charge in [0.05, 0.1) is 12.2 Å². The molecule has 4 rings (SSSR count). The Morgan fingerprint density at radius 1 is 1.27 bits per heavy atom. The summed E-state index contributed by atoms with van der Waals surface area (Å²) < 4.78 is 4.81. The Morgan fingerprint density at radius 2 is 1.97 bits per heavy atom. The Balaban J connectivity index is 1.70. The van der Waals surface area contributed by atoms with Crippen molar-refractivity contribution in [3.05, 3.63) is 23.8 Å². The van der Waals surface area contributed by atoms with Gasteiger partial charge in [-0.1, -0.05) is 25.5 Å². The van der Waals surface area contributed by atoms with Gasteiger partial charge in [0, 0.05) is 23.7 Å². The molecule has 2 unspecified atom stereocenters. The van der Waals surface area contributed by atoms with Gasteiger partial charge >= 0.3 is 5.97 Å². The zero-order valence-electron chi connectivity index (χ0n) is 17.6. The lowest BCUT2D eigenvalue weighted by Gasteiger charge is -2.59. The van der Waals surface area contributed by atoms with Crippen molar-refractivity contribution in [1.29, 1.82) is 0 Å². The molecule has 7 heteroatoms. The molecule has 30 heavy (non-hydrogen) atoms. The highest BCUT2D eigenvalue weighted by molar-refractivity contribution is 6.01. The van der Waals surface area contributed by atoms with Gasteiger partial charge in [-0.05, 0) is 49.7 Å². The Kier molecular flexibility index (Phi) is 4.88. The molecule has 4 aliphatic carbocycles. The van der Waals surface area contributed by atoms with E-state index in [1.165, 1.54) is 6.92 Å². The van der Waals surface area contributed by atoms with E-state index in [0.717, 1.165) is 5.57 Å². The van der Waals surface area contributed by atoms with Crippen molar-refractivity contribution in [3.63, 3.8) is 0 Å². The number of carbonyl (C=O) groups is 3. The number of fused-ring (bicyclic) bond motifs is 5. The van der Waals surface area contributed by atoms with Crippen LogP contribution >= 0.6 is 0 Å². The van der Waals surface area contributed by atoms with E-state index < -0.39 is 47.0 Å². The Morgan fingerprint density at radius 3 is 2.63 bits per heavy atom. The van der Waals surface area contributed by atoms with Crippen LogP contribution in [0.2, 0.25) is 0 Å². The van der Waals surface area contributed by atoms with E-state index in [1.54, 1.807) is 19.1 Å². The van der Waals surface area contributed by atoms with E-state index in [-0.39, 0.29) is 36.4 Å². The lowest BCUT2D eigenvalue weighted by molar-refractivity contribution is -0.192. The monoisotopic (exact) mass is 418 g/mol. The first-order chi connectivity index (χ1) is 13.9. The van der Waals surface area contributed by atoms with Crippen molar-refractivity contribution in [1.82, 2.24) is 0 Å². The summed E-state index contributed by atoms with van der Waals surface area (Å²) in [5, 5.41) is 33.6. The van der Waals surface area contributed by atoms with Crippen molar-refractivity contribution in [2.45, 2.75) is 64.3 Å². The number of hydrogen-bond acceptors (Lipinski definition) is 7. The normalized spacial score (nSPS) is 47.1. The molecule has 0 aliphatic heterocycles. The molecule has 0 saturated heterocycles. The van der Waals surface area contributed by atoms with Crippen LogP contribution in [0, 0.1) is 28.6 Å². The largest absolute Gasteiger partial charge is 0.458 e. The maximum Gasteiger partial charge on any atom is 0.303 e. The van der Waals surface area contributed by atoms with Crippen LogP contribution in [-0.2, 0) is 19.1 Å². The zero-order chi connectivity index (χ0) is 22.1. The summed E-state index contributed by atoms with van der Waals surface area (Å²) in [5.74, 6) is -1.79. The van der Waals surface area contributed by atoms with Gasteiger partial charge in [-0.15, -0.1) is 0 Å². The van der Waals surface area contributed by atoms with Gasteiger partial charge in [-0.2, -0.15) is 0 Å². The fourth-order valence-corrected chi connectivity index (χ4v) is 7.12. The number of allylic oxidation sites excluding steroid dienone is 4. The summed E-state index contributed by atoms with van der Waals surface area (Å²) in [5.41, 5.74) is -2.59. The molecule has 0 amide bonds. The van der Waals surface area contributed by atoms with Gasteiger partial charge in [0.2, 0.25) is 5.78 Å². The topological polar surface area (TPSA) is 121 Å². The van der Waals surface area contributed by atoms with Crippen molar-refractivity contribution in [2.75, 3.05) is 6.61 Å². The molecule has 0 radical (unpaired) electrons. The number of Topliss-reactive ketones (excluding diaryl/α,β-unsaturated/α-hetero) is 1. The predicted molar refractivity (Wildman–Crippen MR) is 106 cm³/mol. The SMILES string of the molecule is CC(=O)OCC(=O)[C@@]1(O)C(O)C[C@H]2[C@@H]3CCC4=CC(=O)C=C[C@]4(C)[C@H]3C(O)C[C@@]21C. The molecule has 7 nitrogen and oxygen atoms in total. The maximum absolute atomic E-state index is 12.9. The second kappa shape index (κ2) is 6.84. The summed E-state index contributed by atoms with van der Waals surface area (Å²) in [6.45, 7) is 4.36. The molecule has 0 heterocycles. The predicted octanol–water partition coefficient (Wildman–Crippen LogP) is 1.10. The van der Waals surface area contributed by atoms with E-state index in [2.05, 4.69) is 0 Å². The second-order valence-electron chi connectivity index (χ2n) is 9.93. The summed E-state index contributed by atoms with van der Waals surface area (Å²) in [6.07, 6.45) is 4.78. The maximum atomic E-state index is 12.9. The minimum Gasteiger partial charge on any atom is -0.458 e. The van der Waals surface area contributed by atoms with Crippen LogP contribution in [0.4, 0.5) is 0 Å². The van der Waals surface area contributed by atoms with Gasteiger partial charge in [-0.25, -0.2) is 0 Å². The van der Waals surface area contributed by atoms with Gasteiger partial charge in [0.1, 0.15) is 0 Å². The van der Waals surface area contributed by atoms with Gasteiger partial charge < -0.3 is 20.1 Å². The van der Waals surface area contributed by atoms with E-state index in [1.807, 2.05) is 13.0 Å². The molecule has 0 aromatic rings. The van der Waals surface area contributed by atoms with Crippen LogP contribution < -0.4 is 0 Å². The lowest BCUT2D eigenvalue weighted by atomic mass is 9.46. The van der Waals surface area contributed by atoms with Crippen LogP contribution in [0.3, 0.4) is 0 Å². The van der Waals surface area contributed by atoms with Crippen LogP contribution in [0.15, 0.2) is 23.8 Å².